The van der Waals surface area contributed by atoms with E-state index in [1.165, 1.54) is 22.5 Å². The summed E-state index contributed by atoms with van der Waals surface area (Å²) in [5, 5.41) is 2.64. The molecule has 2 aromatic heterocycles. The Morgan fingerprint density at radius 3 is 2.66 bits per heavy atom. The molecule has 0 radical (unpaired) electrons. The average Bonchev–Trinajstić information content (AvgIpc) is 3.60. The number of benzene rings is 1. The molecule has 1 fully saturated rings. The summed E-state index contributed by atoms with van der Waals surface area (Å²) < 4.78 is 15.5. The van der Waals surface area contributed by atoms with Crippen LogP contribution in [0.15, 0.2) is 59.2 Å². The van der Waals surface area contributed by atoms with Crippen LogP contribution in [-0.2, 0) is 30.4 Å². The molecule has 2 amide bonds. The molecule has 3 aromatic rings. The molecule has 0 spiro atoms. The van der Waals surface area contributed by atoms with Crippen LogP contribution < -0.4 is 5.32 Å². The largest absolute Gasteiger partial charge is 0.467 e. The second-order valence-corrected chi connectivity index (χ2v) is 8.90. The van der Waals surface area contributed by atoms with Crippen molar-refractivity contribution < 1.29 is 33.1 Å². The number of nitrogens with one attached hydrogen (secondary N) is 1. The highest BCUT2D eigenvalue weighted by molar-refractivity contribution is 7.18. The Morgan fingerprint density at radius 2 is 1.94 bits per heavy atom. The molecule has 4 rings (SSSR count). The van der Waals surface area contributed by atoms with E-state index < -0.39 is 30.4 Å². The van der Waals surface area contributed by atoms with Gasteiger partial charge in [-0.15, -0.1) is 11.3 Å². The van der Waals surface area contributed by atoms with E-state index in [9.17, 15) is 19.2 Å². The van der Waals surface area contributed by atoms with Crippen LogP contribution in [0.25, 0.3) is 10.4 Å². The summed E-state index contributed by atoms with van der Waals surface area (Å²) >= 11 is 1.20. The van der Waals surface area contributed by atoms with Crippen molar-refractivity contribution in [2.45, 2.75) is 19.9 Å². The first-order valence-corrected chi connectivity index (χ1v) is 11.9. The van der Waals surface area contributed by atoms with Crippen LogP contribution in [0.2, 0.25) is 0 Å². The van der Waals surface area contributed by atoms with Gasteiger partial charge in [0.2, 0.25) is 5.91 Å². The minimum absolute atomic E-state index is 0.0130. The summed E-state index contributed by atoms with van der Waals surface area (Å²) in [7, 11) is 0. The van der Waals surface area contributed by atoms with E-state index in [0.29, 0.717) is 5.76 Å². The summed E-state index contributed by atoms with van der Waals surface area (Å²) in [5.74, 6) is -2.00. The summed E-state index contributed by atoms with van der Waals surface area (Å²) in [6, 6.07) is 14.6. The molecule has 182 valence electrons. The fourth-order valence-electron chi connectivity index (χ4n) is 3.69. The predicted octanol–water partition coefficient (Wildman–Crippen LogP) is 3.72. The van der Waals surface area contributed by atoms with E-state index >= 15 is 0 Å². The van der Waals surface area contributed by atoms with Crippen molar-refractivity contribution in [2.75, 3.05) is 25.1 Å². The smallest absolute Gasteiger partial charge is 0.350 e. The van der Waals surface area contributed by atoms with Gasteiger partial charge in [0, 0.05) is 17.8 Å². The topological polar surface area (TPSA) is 115 Å². The third kappa shape index (κ3) is 5.96. The Balaban J connectivity index is 1.35. The van der Waals surface area contributed by atoms with Crippen molar-refractivity contribution in [1.82, 2.24) is 4.90 Å². The molecule has 1 N–H and O–H groups in total. The average molecular weight is 497 g/mol. The number of carbonyl (C=O) groups excluding carboxylic acids is 4. The molecule has 0 bridgehead atoms. The minimum atomic E-state index is -0.661. The van der Waals surface area contributed by atoms with Crippen molar-refractivity contribution in [3.05, 3.63) is 65.4 Å². The van der Waals surface area contributed by atoms with Crippen LogP contribution in [0, 0.1) is 5.92 Å². The Labute approximate surface area is 205 Å². The number of hydrogen-bond acceptors (Lipinski definition) is 8. The van der Waals surface area contributed by atoms with Gasteiger partial charge in [-0.05, 0) is 30.7 Å². The van der Waals surface area contributed by atoms with Crippen molar-refractivity contribution in [2.24, 2.45) is 5.92 Å². The number of anilines is 1. The van der Waals surface area contributed by atoms with Gasteiger partial charge < -0.3 is 24.1 Å². The fourth-order valence-corrected chi connectivity index (χ4v) is 4.70. The molecule has 35 heavy (non-hydrogen) atoms. The first-order valence-electron chi connectivity index (χ1n) is 11.1. The van der Waals surface area contributed by atoms with Gasteiger partial charge >= 0.3 is 11.9 Å². The third-order valence-electron chi connectivity index (χ3n) is 5.35. The van der Waals surface area contributed by atoms with Gasteiger partial charge in [-0.2, -0.15) is 0 Å². The van der Waals surface area contributed by atoms with Crippen molar-refractivity contribution in [3.63, 3.8) is 0 Å². The van der Waals surface area contributed by atoms with Crippen LogP contribution in [0.5, 0.6) is 0 Å². The van der Waals surface area contributed by atoms with E-state index in [1.54, 1.807) is 25.1 Å². The Kier molecular flexibility index (Phi) is 7.61. The summed E-state index contributed by atoms with van der Waals surface area (Å²) in [6.45, 7) is 1.82. The number of thiophene rings is 1. The van der Waals surface area contributed by atoms with E-state index in [4.69, 9.17) is 13.9 Å². The van der Waals surface area contributed by atoms with Crippen LogP contribution in [0.3, 0.4) is 0 Å². The highest BCUT2D eigenvalue weighted by Gasteiger charge is 2.36. The molecule has 10 heteroatoms. The highest BCUT2D eigenvalue weighted by Crippen LogP contribution is 2.35. The lowest BCUT2D eigenvalue weighted by Crippen LogP contribution is -2.28. The molecule has 1 aliphatic heterocycles. The Morgan fingerprint density at radius 1 is 1.14 bits per heavy atom. The normalized spacial score (nSPS) is 15.2. The maximum absolute atomic E-state index is 12.5. The Bertz CT molecular complexity index is 1200. The number of amides is 2. The zero-order chi connectivity index (χ0) is 24.8. The van der Waals surface area contributed by atoms with E-state index in [2.05, 4.69) is 5.32 Å². The van der Waals surface area contributed by atoms with Crippen LogP contribution >= 0.6 is 11.3 Å². The van der Waals surface area contributed by atoms with Gasteiger partial charge in [-0.3, -0.25) is 14.4 Å². The molecule has 1 aliphatic rings. The van der Waals surface area contributed by atoms with Gasteiger partial charge in [0.05, 0.1) is 31.0 Å². The second-order valence-electron chi connectivity index (χ2n) is 7.85. The van der Waals surface area contributed by atoms with E-state index in [1.807, 2.05) is 30.3 Å². The number of carbonyl (C=O) groups is 4. The van der Waals surface area contributed by atoms with Crippen molar-refractivity contribution in [1.29, 1.82) is 0 Å². The zero-order valence-corrected chi connectivity index (χ0v) is 19.8. The zero-order valence-electron chi connectivity index (χ0n) is 19.0. The number of hydrogen-bond donors (Lipinski definition) is 1. The number of rotatable bonds is 9. The van der Waals surface area contributed by atoms with Crippen molar-refractivity contribution in [3.8, 4) is 10.4 Å². The van der Waals surface area contributed by atoms with Crippen LogP contribution in [0.4, 0.5) is 5.69 Å². The Hall–Kier alpha value is -3.92. The molecule has 9 nitrogen and oxygen atoms in total. The third-order valence-corrected chi connectivity index (χ3v) is 6.51. The van der Waals surface area contributed by atoms with Crippen LogP contribution in [-0.4, -0.2) is 48.4 Å². The van der Waals surface area contributed by atoms with Crippen LogP contribution in [0.1, 0.15) is 28.8 Å². The van der Waals surface area contributed by atoms with Gasteiger partial charge in [0.15, 0.2) is 6.61 Å². The maximum Gasteiger partial charge on any atom is 0.350 e. The predicted molar refractivity (Wildman–Crippen MR) is 128 cm³/mol. The molecular formula is C25H24N2O7S. The van der Waals surface area contributed by atoms with Gasteiger partial charge in [-0.25, -0.2) is 4.79 Å². The molecule has 1 aromatic carbocycles. The van der Waals surface area contributed by atoms with Gasteiger partial charge in [0.25, 0.3) is 5.91 Å². The van der Waals surface area contributed by atoms with E-state index in [0.717, 1.165) is 10.4 Å². The lowest BCUT2D eigenvalue weighted by molar-refractivity contribution is -0.151. The number of nitrogens with zero attached hydrogens (tertiary/aromatic N) is 1. The standard InChI is InChI=1S/C25H24N2O7S/c1-2-32-25(31)23-19(12-20(35-23)16-7-4-3-5-8-16)26-21(28)15-34-24(30)17-11-22(29)27(13-17)14-18-9-6-10-33-18/h3-10,12,17H,2,11,13-15H2,1H3,(H,26,28)/t17-/m0/s1. The van der Waals surface area contributed by atoms with E-state index in [-0.39, 0.29) is 42.6 Å². The number of esters is 2. The number of likely N-dealkylation sites (tertiary alicyclic amines) is 1. The number of furan rings is 1. The fraction of sp³-hybridized carbons (Fsp3) is 0.280. The molecule has 1 saturated heterocycles. The first-order chi connectivity index (χ1) is 16.9. The summed E-state index contributed by atoms with van der Waals surface area (Å²) in [4.78, 5) is 52.2. The molecular weight excluding hydrogens is 472 g/mol. The summed E-state index contributed by atoms with van der Waals surface area (Å²) in [5.41, 5.74) is 1.17. The minimum Gasteiger partial charge on any atom is -0.467 e. The second kappa shape index (κ2) is 11.0. The molecule has 0 unspecified atom stereocenters. The lowest BCUT2D eigenvalue weighted by atomic mass is 10.1. The highest BCUT2D eigenvalue weighted by atomic mass is 32.1. The molecule has 0 saturated carbocycles. The summed E-state index contributed by atoms with van der Waals surface area (Å²) in [6.07, 6.45) is 1.53. The first kappa shape index (κ1) is 24.2. The molecule has 3 heterocycles. The quantitative estimate of drug-likeness (QED) is 0.449. The van der Waals surface area contributed by atoms with Gasteiger partial charge in [0.1, 0.15) is 10.6 Å². The molecule has 1 atom stereocenters. The lowest BCUT2D eigenvalue weighted by Gasteiger charge is -2.14. The monoisotopic (exact) mass is 496 g/mol. The molecule has 0 aliphatic carbocycles. The maximum atomic E-state index is 12.5. The SMILES string of the molecule is CCOC(=O)c1sc(-c2ccccc2)cc1NC(=O)COC(=O)[C@H]1CC(=O)N(Cc2ccco2)C1. The van der Waals surface area contributed by atoms with Crippen molar-refractivity contribution >= 4 is 40.8 Å². The number of ether oxygens (including phenoxy) is 2. The van der Waals surface area contributed by atoms with Gasteiger partial charge in [-0.1, -0.05) is 30.3 Å².